The Balaban J connectivity index is 1.37. The van der Waals surface area contributed by atoms with Crippen molar-refractivity contribution >= 4 is 45.0 Å². The number of pyridine rings is 1. The molecule has 0 radical (unpaired) electrons. The van der Waals surface area contributed by atoms with Gasteiger partial charge in [-0.1, -0.05) is 48.5 Å². The average molecular weight is 687 g/mol. The summed E-state index contributed by atoms with van der Waals surface area (Å²) < 4.78 is 79.9. The number of carbonyl (C=O) groups excluding carboxylic acids is 1. The van der Waals surface area contributed by atoms with E-state index in [9.17, 15) is 22.4 Å². The van der Waals surface area contributed by atoms with Crippen LogP contribution in [0, 0.1) is 5.82 Å². The monoisotopic (exact) mass is 686 g/mol. The van der Waals surface area contributed by atoms with E-state index in [1.54, 1.807) is 24.3 Å². The predicted octanol–water partition coefficient (Wildman–Crippen LogP) is 6.75. The van der Waals surface area contributed by atoms with Crippen LogP contribution in [0.1, 0.15) is 25.7 Å². The highest BCUT2D eigenvalue weighted by atomic mass is 35.5. The van der Waals surface area contributed by atoms with Gasteiger partial charge < -0.3 is 14.5 Å². The molecule has 0 N–H and O–H groups in total. The zero-order valence-electron chi connectivity index (χ0n) is 25.8. The van der Waals surface area contributed by atoms with Crippen LogP contribution in [0.3, 0.4) is 0 Å². The lowest BCUT2D eigenvalue weighted by Crippen LogP contribution is -2.45. The number of carbonyl (C=O) groups is 1. The van der Waals surface area contributed by atoms with E-state index >= 15 is 4.39 Å². The van der Waals surface area contributed by atoms with E-state index < -0.39 is 42.2 Å². The van der Waals surface area contributed by atoms with Crippen molar-refractivity contribution in [1.29, 1.82) is 0 Å². The highest BCUT2D eigenvalue weighted by molar-refractivity contribution is 6.36. The van der Waals surface area contributed by atoms with Gasteiger partial charge in [0, 0.05) is 48.2 Å². The number of nitrogens with zero attached hydrogens (tertiary/aromatic N) is 6. The lowest BCUT2D eigenvalue weighted by atomic mass is 9.95. The van der Waals surface area contributed by atoms with Gasteiger partial charge in [-0.25, -0.2) is 8.78 Å². The molecule has 0 bridgehead atoms. The number of halogens is 6. The number of rotatable bonds is 8. The summed E-state index contributed by atoms with van der Waals surface area (Å²) in [6.07, 6.45) is -1.38. The number of hydrogen-bond acceptors (Lipinski definition) is 7. The second kappa shape index (κ2) is 12.4. The van der Waals surface area contributed by atoms with Crippen molar-refractivity contribution in [2.75, 3.05) is 44.2 Å². The Bertz CT molecular complexity index is 1900. The summed E-state index contributed by atoms with van der Waals surface area (Å²) in [5, 5.41) is 1.61. The molecule has 4 aromatic rings. The molecule has 3 fully saturated rings. The summed E-state index contributed by atoms with van der Waals surface area (Å²) >= 11 is 6.54. The summed E-state index contributed by atoms with van der Waals surface area (Å²) in [4.78, 5) is 30.0. The third-order valence-electron chi connectivity index (χ3n) is 9.70. The molecule has 1 amide bonds. The van der Waals surface area contributed by atoms with Gasteiger partial charge in [-0.2, -0.15) is 23.1 Å². The fourth-order valence-electron chi connectivity index (χ4n) is 7.53. The Morgan fingerprint density at radius 2 is 1.96 bits per heavy atom. The van der Waals surface area contributed by atoms with Gasteiger partial charge >= 0.3 is 12.2 Å². The molecule has 0 aliphatic carbocycles. The van der Waals surface area contributed by atoms with Crippen LogP contribution < -0.4 is 9.64 Å². The van der Waals surface area contributed by atoms with Gasteiger partial charge in [0.15, 0.2) is 5.82 Å². The van der Waals surface area contributed by atoms with Gasteiger partial charge in [-0.3, -0.25) is 14.7 Å². The Morgan fingerprint density at radius 3 is 2.73 bits per heavy atom. The van der Waals surface area contributed by atoms with E-state index in [0.717, 1.165) is 22.8 Å². The molecule has 252 valence electrons. The minimum Gasteiger partial charge on any atom is -0.461 e. The van der Waals surface area contributed by atoms with Crippen LogP contribution in [0.15, 0.2) is 55.3 Å². The molecule has 48 heavy (non-hydrogen) atoms. The number of anilines is 1. The van der Waals surface area contributed by atoms with Gasteiger partial charge in [0.25, 0.3) is 0 Å². The summed E-state index contributed by atoms with van der Waals surface area (Å²) in [7, 11) is 0. The number of alkyl halides is 4. The number of aromatic nitrogens is 3. The minimum absolute atomic E-state index is 0.0127. The van der Waals surface area contributed by atoms with Crippen LogP contribution in [0.5, 0.6) is 6.01 Å². The van der Waals surface area contributed by atoms with E-state index in [-0.39, 0.29) is 67.5 Å². The first-order valence-electron chi connectivity index (χ1n) is 15.8. The molecule has 14 heteroatoms. The molecule has 8 nitrogen and oxygen atoms in total. The Labute approximate surface area is 278 Å². The molecule has 3 saturated heterocycles. The minimum atomic E-state index is -4.68. The zero-order chi connectivity index (χ0) is 33.8. The van der Waals surface area contributed by atoms with Crippen LogP contribution in [-0.4, -0.2) is 93.9 Å². The van der Waals surface area contributed by atoms with E-state index in [0.29, 0.717) is 28.9 Å². The maximum absolute atomic E-state index is 16.8. The number of amides is 1. The van der Waals surface area contributed by atoms with Gasteiger partial charge in [-0.15, -0.1) is 0 Å². The lowest BCUT2D eigenvalue weighted by molar-refractivity contribution is -0.125. The molecule has 5 heterocycles. The maximum Gasteiger partial charge on any atom is 0.405 e. The van der Waals surface area contributed by atoms with Gasteiger partial charge in [0.05, 0.1) is 17.0 Å². The van der Waals surface area contributed by atoms with E-state index in [1.165, 1.54) is 11.1 Å². The number of hydrogen-bond donors (Lipinski definition) is 0. The number of fused-ring (bicyclic) bond motifs is 3. The van der Waals surface area contributed by atoms with E-state index in [2.05, 4.69) is 21.5 Å². The summed E-state index contributed by atoms with van der Waals surface area (Å²) in [5.41, 5.74) is -0.618. The first-order chi connectivity index (χ1) is 23.0. The summed E-state index contributed by atoms with van der Waals surface area (Å²) in [6.45, 7) is 3.19. The molecule has 0 spiro atoms. The molecule has 3 atom stereocenters. The molecule has 3 aliphatic heterocycles. The van der Waals surface area contributed by atoms with Crippen molar-refractivity contribution in [2.24, 2.45) is 0 Å². The molecular weight excluding hydrogens is 655 g/mol. The summed E-state index contributed by atoms with van der Waals surface area (Å²) in [5.74, 6) is -1.52. The predicted molar refractivity (Wildman–Crippen MR) is 172 cm³/mol. The largest absolute Gasteiger partial charge is 0.461 e. The number of ether oxygens (including phenoxy) is 1. The van der Waals surface area contributed by atoms with Crippen LogP contribution in [0.4, 0.5) is 27.8 Å². The van der Waals surface area contributed by atoms with Crippen molar-refractivity contribution < 1.29 is 31.5 Å². The second-order valence-corrected chi connectivity index (χ2v) is 13.1. The SMILES string of the molecule is C=CC(=O)N1CC[C@@H](N(CC(F)(F)F)c2nc(OC[C@@]34CCCN3C[C@H](F)C4)nc3c(F)c(-c4cccc5cccc(Cl)c45)ncc23)C1. The second-order valence-electron chi connectivity index (χ2n) is 12.7. The van der Waals surface area contributed by atoms with Crippen molar-refractivity contribution in [2.45, 2.75) is 49.6 Å². The molecule has 2 aromatic heterocycles. The highest BCUT2D eigenvalue weighted by Gasteiger charge is 2.49. The van der Waals surface area contributed by atoms with Crippen molar-refractivity contribution in [3.05, 3.63) is 66.1 Å². The number of benzene rings is 2. The molecular formula is C34H32ClF5N6O2. The molecule has 0 saturated carbocycles. The fraction of sp³-hybridized carbons (Fsp3) is 0.412. The molecule has 0 unspecified atom stereocenters. The lowest BCUT2D eigenvalue weighted by Gasteiger charge is -2.33. The van der Waals surface area contributed by atoms with Gasteiger partial charge in [0.2, 0.25) is 5.91 Å². The Kier molecular flexibility index (Phi) is 8.39. The summed E-state index contributed by atoms with van der Waals surface area (Å²) in [6, 6.07) is 9.33. The average Bonchev–Trinajstić information content (AvgIpc) is 3.77. The fourth-order valence-corrected chi connectivity index (χ4v) is 7.81. The molecule has 3 aliphatic rings. The van der Waals surface area contributed by atoms with E-state index in [4.69, 9.17) is 16.3 Å². The van der Waals surface area contributed by atoms with Crippen LogP contribution in [0.25, 0.3) is 32.9 Å². The normalized spacial score (nSPS) is 22.8. The Hall–Kier alpha value is -4.10. The van der Waals surface area contributed by atoms with Crippen LogP contribution in [-0.2, 0) is 4.79 Å². The third-order valence-corrected chi connectivity index (χ3v) is 10.0. The topological polar surface area (TPSA) is 74.7 Å². The number of likely N-dealkylation sites (tertiary alicyclic amines) is 1. The van der Waals surface area contributed by atoms with Crippen molar-refractivity contribution in [1.82, 2.24) is 24.8 Å². The molecule has 2 aromatic carbocycles. The quantitative estimate of drug-likeness (QED) is 0.150. The van der Waals surface area contributed by atoms with Gasteiger partial charge in [-0.05, 0) is 43.3 Å². The maximum atomic E-state index is 16.8. The molecule has 7 rings (SSSR count). The Morgan fingerprint density at radius 1 is 1.17 bits per heavy atom. The van der Waals surface area contributed by atoms with Crippen LogP contribution >= 0.6 is 11.6 Å². The highest BCUT2D eigenvalue weighted by Crippen LogP contribution is 2.42. The smallest absolute Gasteiger partial charge is 0.405 e. The first kappa shape index (κ1) is 32.4. The third kappa shape index (κ3) is 5.91. The zero-order valence-corrected chi connectivity index (χ0v) is 26.6. The van der Waals surface area contributed by atoms with Crippen LogP contribution in [0.2, 0.25) is 5.02 Å². The van der Waals surface area contributed by atoms with E-state index in [1.807, 2.05) is 17.0 Å². The standard InChI is InChI=1S/C34H32ClF5N6O2/c1-2-26(47)44-13-10-22(17-44)46(18-34(38,39)40)31-24-15-41-29(23-8-3-6-20-7-4-9-25(35)27(20)23)28(37)30(24)42-32(43-31)48-19-33-11-5-12-45(33)16-21(36)14-33/h2-4,6-9,15,21-22H,1,5,10-14,16-19H2/t21-,22-,33+/m1/s1. The van der Waals surface area contributed by atoms with Gasteiger partial charge in [0.1, 0.15) is 36.4 Å². The van der Waals surface area contributed by atoms with Crippen molar-refractivity contribution in [3.8, 4) is 17.3 Å². The van der Waals surface area contributed by atoms with Crippen molar-refractivity contribution in [3.63, 3.8) is 0 Å². The first-order valence-corrected chi connectivity index (χ1v) is 16.1.